The van der Waals surface area contributed by atoms with Gasteiger partial charge in [-0.2, -0.15) is 5.06 Å². The number of benzene rings is 1. The van der Waals surface area contributed by atoms with Crippen LogP contribution in [0.4, 0.5) is 4.79 Å². The van der Waals surface area contributed by atoms with Gasteiger partial charge in [0.15, 0.2) is 5.82 Å². The molecule has 10 nitrogen and oxygen atoms in total. The maximum Gasteiger partial charge on any atom is 0.411 e. The van der Waals surface area contributed by atoms with Gasteiger partial charge in [0.25, 0.3) is 0 Å². The topological polar surface area (TPSA) is 94.8 Å². The van der Waals surface area contributed by atoms with Gasteiger partial charge in [-0.25, -0.2) is 9.78 Å². The molecule has 0 bridgehead atoms. The molecule has 2 unspecified atom stereocenters. The summed E-state index contributed by atoms with van der Waals surface area (Å²) in [5.41, 5.74) is 3.43. The smallest absolute Gasteiger partial charge is 0.411 e. The highest BCUT2D eigenvalue weighted by molar-refractivity contribution is 7.09. The summed E-state index contributed by atoms with van der Waals surface area (Å²) < 4.78 is 13.6. The van der Waals surface area contributed by atoms with Crippen LogP contribution < -0.4 is 0 Å². The van der Waals surface area contributed by atoms with E-state index in [1.807, 2.05) is 41.9 Å². The van der Waals surface area contributed by atoms with Gasteiger partial charge in [-0.3, -0.25) is 14.3 Å². The van der Waals surface area contributed by atoms with E-state index in [9.17, 15) is 4.79 Å². The number of ether oxygens (including phenoxy) is 2. The maximum absolute atomic E-state index is 13.6. The highest BCUT2D eigenvalue weighted by Crippen LogP contribution is 2.42. The Morgan fingerprint density at radius 1 is 1.29 bits per heavy atom. The van der Waals surface area contributed by atoms with Gasteiger partial charge >= 0.3 is 6.09 Å². The van der Waals surface area contributed by atoms with Crippen LogP contribution in [-0.4, -0.2) is 70.7 Å². The summed E-state index contributed by atoms with van der Waals surface area (Å²) in [6, 6.07) is 9.86. The number of aromatic nitrogens is 4. The predicted octanol–water partition coefficient (Wildman–Crippen LogP) is 4.88. The quantitative estimate of drug-likeness (QED) is 0.135. The lowest BCUT2D eigenvalue weighted by atomic mass is 10.0. The number of hydrogen-bond donors (Lipinski definition) is 0. The molecule has 12 heteroatoms. The monoisotopic (exact) mass is 556 g/mol. The molecule has 1 aromatic carbocycles. The molecule has 0 saturated heterocycles. The normalized spacial score (nSPS) is 17.4. The molecule has 0 aliphatic carbocycles. The van der Waals surface area contributed by atoms with Crippen molar-refractivity contribution in [3.63, 3.8) is 0 Å². The Labute approximate surface area is 228 Å². The van der Waals surface area contributed by atoms with E-state index in [1.165, 1.54) is 11.3 Å². The average Bonchev–Trinajstić information content (AvgIpc) is 3.57. The zero-order chi connectivity index (χ0) is 27.1. The van der Waals surface area contributed by atoms with Crippen LogP contribution in [0.25, 0.3) is 0 Å². The van der Waals surface area contributed by atoms with E-state index < -0.39 is 20.2 Å². The van der Waals surface area contributed by atoms with Crippen molar-refractivity contribution in [2.75, 3.05) is 26.8 Å². The molecule has 3 heterocycles. The minimum atomic E-state index is -1.22. The molecule has 2 aromatic heterocycles. The largest absolute Gasteiger partial charge is 0.445 e. The van der Waals surface area contributed by atoms with E-state index in [4.69, 9.17) is 14.3 Å². The lowest BCUT2D eigenvalue weighted by Crippen LogP contribution is -2.47. The van der Waals surface area contributed by atoms with Crippen LogP contribution in [0.3, 0.4) is 0 Å². The van der Waals surface area contributed by atoms with Crippen molar-refractivity contribution < 1.29 is 19.1 Å². The molecule has 4 rings (SSSR count). The molecule has 2 atom stereocenters. The zero-order valence-electron chi connectivity index (χ0n) is 22.4. The molecular weight excluding hydrogens is 520 g/mol. The number of thiazole rings is 1. The van der Waals surface area contributed by atoms with E-state index >= 15 is 0 Å². The molecular formula is C26H36N6O4SSi. The highest BCUT2D eigenvalue weighted by atomic mass is 32.1. The second-order valence-corrected chi connectivity index (χ2v) is 16.9. The van der Waals surface area contributed by atoms with Crippen LogP contribution in [0, 0.1) is 0 Å². The van der Waals surface area contributed by atoms with E-state index in [2.05, 4.69) is 41.4 Å². The third-order valence-corrected chi connectivity index (χ3v) is 8.91. The minimum absolute atomic E-state index is 0.160. The number of hydroxylamine groups is 2. The van der Waals surface area contributed by atoms with Crippen LogP contribution in [0.1, 0.15) is 34.0 Å². The van der Waals surface area contributed by atoms with Crippen LogP contribution >= 0.6 is 11.3 Å². The zero-order valence-corrected chi connectivity index (χ0v) is 24.3. The number of nitrogens with zero attached hydrogens (tertiary/aromatic N) is 6. The Hall–Kier alpha value is -2.90. The number of carbonyl (C=O) groups excluding carboxylic acids is 1. The second kappa shape index (κ2) is 12.8. The first kappa shape index (κ1) is 28.1. The Kier molecular flexibility index (Phi) is 9.44. The van der Waals surface area contributed by atoms with Gasteiger partial charge in [0, 0.05) is 28.3 Å². The maximum atomic E-state index is 13.6. The molecule has 3 aromatic rings. The van der Waals surface area contributed by atoms with Crippen molar-refractivity contribution >= 4 is 25.5 Å². The summed E-state index contributed by atoms with van der Waals surface area (Å²) in [5.74, 6) is 0.579. The van der Waals surface area contributed by atoms with Crippen molar-refractivity contribution in [2.24, 2.45) is 0 Å². The summed E-state index contributed by atoms with van der Waals surface area (Å²) in [5, 5.41) is 10.3. The minimum Gasteiger partial charge on any atom is -0.445 e. The van der Waals surface area contributed by atoms with Crippen molar-refractivity contribution in [3.05, 3.63) is 76.8 Å². The summed E-state index contributed by atoms with van der Waals surface area (Å²) in [6.45, 7) is 12.5. The SMILES string of the molecule is C=CCON(C)C1CN(C(=O)OCc2ccccc2)C(c2nncn2COCC[Si](C)(C)C)c2ncsc21. The Morgan fingerprint density at radius 3 is 2.82 bits per heavy atom. The van der Waals surface area contributed by atoms with Gasteiger partial charge in [-0.15, -0.1) is 28.1 Å². The molecule has 0 radical (unpaired) electrons. The third kappa shape index (κ3) is 6.94. The van der Waals surface area contributed by atoms with Gasteiger partial charge in [0.05, 0.1) is 28.7 Å². The number of carbonyl (C=O) groups is 1. The standard InChI is InChI=1S/C26H36N6O4SSi/c1-6-12-36-30(2)21-15-32(26(33)35-16-20-10-8-7-9-11-20)23(22-24(21)37-18-27-22)25-29-28-17-31(25)19-34-13-14-38(3,4)5/h6-11,17-18,21,23H,1,12-16,19H2,2-5H3. The molecule has 0 saturated carbocycles. The first-order chi connectivity index (χ1) is 18.3. The summed E-state index contributed by atoms with van der Waals surface area (Å²) in [4.78, 5) is 26.8. The van der Waals surface area contributed by atoms with Crippen LogP contribution in [0.15, 0.2) is 54.8 Å². The molecule has 204 valence electrons. The van der Waals surface area contributed by atoms with E-state index in [1.54, 1.807) is 27.9 Å². The summed E-state index contributed by atoms with van der Waals surface area (Å²) in [7, 11) is 0.626. The molecule has 1 aliphatic heterocycles. The average molecular weight is 557 g/mol. The van der Waals surface area contributed by atoms with Crippen molar-refractivity contribution in [1.82, 2.24) is 29.7 Å². The molecule has 0 N–H and O–H groups in total. The van der Waals surface area contributed by atoms with Crippen LogP contribution in [0.5, 0.6) is 0 Å². The predicted molar refractivity (Wildman–Crippen MR) is 148 cm³/mol. The first-order valence-corrected chi connectivity index (χ1v) is 17.2. The number of rotatable bonds is 12. The second-order valence-electron chi connectivity index (χ2n) is 10.4. The Balaban J connectivity index is 1.61. The summed E-state index contributed by atoms with van der Waals surface area (Å²) >= 11 is 1.53. The third-order valence-electron chi connectivity index (χ3n) is 6.26. The van der Waals surface area contributed by atoms with Crippen molar-refractivity contribution in [1.29, 1.82) is 0 Å². The van der Waals surface area contributed by atoms with Crippen molar-refractivity contribution in [2.45, 2.75) is 51.1 Å². The fourth-order valence-corrected chi connectivity index (χ4v) is 5.84. The van der Waals surface area contributed by atoms with E-state index in [0.29, 0.717) is 32.3 Å². The number of hydrogen-bond acceptors (Lipinski definition) is 9. The van der Waals surface area contributed by atoms with E-state index in [-0.39, 0.29) is 12.6 Å². The molecule has 0 fully saturated rings. The first-order valence-electron chi connectivity index (χ1n) is 12.6. The Bertz CT molecular complexity index is 1200. The number of amides is 1. The van der Waals surface area contributed by atoms with Gasteiger partial charge in [-0.1, -0.05) is 56.0 Å². The fraction of sp³-hybridized carbons (Fsp3) is 0.462. The number of fused-ring (bicyclic) bond motifs is 1. The lowest BCUT2D eigenvalue weighted by Gasteiger charge is -2.40. The number of likely N-dealkylation sites (N-methyl/N-ethyl adjacent to an activating group) is 1. The highest BCUT2D eigenvalue weighted by Gasteiger charge is 2.43. The van der Waals surface area contributed by atoms with Gasteiger partial charge in [0.1, 0.15) is 25.7 Å². The van der Waals surface area contributed by atoms with Crippen LogP contribution in [0.2, 0.25) is 25.7 Å². The van der Waals surface area contributed by atoms with E-state index in [0.717, 1.165) is 22.2 Å². The van der Waals surface area contributed by atoms with Crippen molar-refractivity contribution in [3.8, 4) is 0 Å². The summed E-state index contributed by atoms with van der Waals surface area (Å²) in [6.07, 6.45) is 2.86. The molecule has 38 heavy (non-hydrogen) atoms. The van der Waals surface area contributed by atoms with Gasteiger partial charge in [0.2, 0.25) is 0 Å². The molecule has 1 aliphatic rings. The fourth-order valence-electron chi connectivity index (χ4n) is 4.14. The molecule has 1 amide bonds. The van der Waals surface area contributed by atoms with Gasteiger partial charge < -0.3 is 9.47 Å². The molecule has 0 spiro atoms. The van der Waals surface area contributed by atoms with Gasteiger partial charge in [-0.05, 0) is 11.6 Å². The van der Waals surface area contributed by atoms with Crippen LogP contribution in [-0.2, 0) is 27.6 Å². The lowest BCUT2D eigenvalue weighted by molar-refractivity contribution is -0.165. The Morgan fingerprint density at radius 2 is 2.08 bits per heavy atom.